The Labute approximate surface area is 314 Å². The topological polar surface area (TPSA) is 74.8 Å². The number of hydrogen-bond acceptors (Lipinski definition) is 4. The quantitative estimate of drug-likeness (QED) is 0.0328. The Balaban J connectivity index is 1.10. The lowest BCUT2D eigenvalue weighted by molar-refractivity contribution is 0.0592. The van der Waals surface area contributed by atoms with Crippen LogP contribution in [0.1, 0.15) is 177 Å². The molecule has 0 bridgehead atoms. The first-order valence-electron chi connectivity index (χ1n) is 20.9. The van der Waals surface area contributed by atoms with Gasteiger partial charge in [0.2, 0.25) is 0 Å². The smallest absolute Gasteiger partial charge is 0.261 e. The zero-order valence-corrected chi connectivity index (χ0v) is 32.0. The van der Waals surface area contributed by atoms with E-state index in [2.05, 4.69) is 13.8 Å². The third-order valence-corrected chi connectivity index (χ3v) is 12.0. The fourth-order valence-corrected chi connectivity index (χ4v) is 9.11. The summed E-state index contributed by atoms with van der Waals surface area (Å²) in [6.07, 6.45) is 22.5. The lowest BCUT2D eigenvalue weighted by Crippen LogP contribution is -2.41. The minimum absolute atomic E-state index is 0.221. The maximum atomic E-state index is 13.9. The SMILES string of the molecule is CCCCCCCCCCCCN1C(=O)c2ccc3c4ccc5c6c(ccc(c7ccc(c2c37)C1=O)c64)C(=O)N(CCCCCCCCCCC)C5=O. The van der Waals surface area contributed by atoms with Gasteiger partial charge in [-0.15, -0.1) is 0 Å². The fraction of sp³-hybridized carbons (Fsp3) is 0.489. The van der Waals surface area contributed by atoms with Crippen LogP contribution in [0, 0.1) is 0 Å². The van der Waals surface area contributed by atoms with Crippen molar-refractivity contribution in [1.29, 1.82) is 0 Å². The predicted molar refractivity (Wildman–Crippen MR) is 217 cm³/mol. The van der Waals surface area contributed by atoms with Gasteiger partial charge >= 0.3 is 0 Å². The lowest BCUT2D eigenvalue weighted by Gasteiger charge is -2.30. The summed E-state index contributed by atoms with van der Waals surface area (Å²) in [7, 11) is 0. The molecule has 0 radical (unpaired) electrons. The van der Waals surface area contributed by atoms with Crippen molar-refractivity contribution in [2.24, 2.45) is 0 Å². The number of amides is 4. The van der Waals surface area contributed by atoms with Crippen LogP contribution >= 0.6 is 0 Å². The molecule has 0 saturated heterocycles. The van der Waals surface area contributed by atoms with E-state index in [1.807, 2.05) is 48.5 Å². The van der Waals surface area contributed by atoms with Crippen LogP contribution in [-0.4, -0.2) is 46.5 Å². The predicted octanol–water partition coefficient (Wildman–Crippen LogP) is 12.4. The van der Waals surface area contributed by atoms with Gasteiger partial charge in [-0.3, -0.25) is 29.0 Å². The van der Waals surface area contributed by atoms with E-state index in [9.17, 15) is 19.2 Å². The molecule has 0 aromatic heterocycles. The van der Waals surface area contributed by atoms with E-state index in [0.29, 0.717) is 46.1 Å². The monoisotopic (exact) mass is 712 g/mol. The average Bonchev–Trinajstić information content (AvgIpc) is 3.17. The van der Waals surface area contributed by atoms with Gasteiger partial charge in [0.25, 0.3) is 23.6 Å². The van der Waals surface area contributed by atoms with Crippen molar-refractivity contribution in [1.82, 2.24) is 9.80 Å². The zero-order chi connectivity index (χ0) is 36.9. The Hall–Kier alpha value is -4.32. The van der Waals surface area contributed by atoms with Gasteiger partial charge < -0.3 is 0 Å². The number of fused-ring (bicyclic) bond motifs is 2. The number of hydrogen-bond donors (Lipinski definition) is 0. The Morgan fingerprint density at radius 1 is 0.321 bits per heavy atom. The van der Waals surface area contributed by atoms with Crippen molar-refractivity contribution in [3.8, 4) is 0 Å². The Bertz CT molecular complexity index is 2030. The van der Waals surface area contributed by atoms with Crippen LogP contribution in [0.2, 0.25) is 0 Å². The highest BCUT2D eigenvalue weighted by Gasteiger charge is 2.36. The summed E-state index contributed by atoms with van der Waals surface area (Å²) >= 11 is 0. The minimum atomic E-state index is -0.222. The molecule has 0 spiro atoms. The van der Waals surface area contributed by atoms with E-state index >= 15 is 0 Å². The number of imide groups is 2. The van der Waals surface area contributed by atoms with Crippen LogP contribution in [0.3, 0.4) is 0 Å². The van der Waals surface area contributed by atoms with E-state index in [4.69, 9.17) is 0 Å². The number of carbonyl (C=O) groups excluding carboxylic acids is 4. The van der Waals surface area contributed by atoms with E-state index in [1.54, 1.807) is 0 Å². The largest absolute Gasteiger partial charge is 0.274 e. The molecule has 0 atom stereocenters. The van der Waals surface area contributed by atoms with Gasteiger partial charge in [0, 0.05) is 46.1 Å². The molecule has 5 aromatic carbocycles. The molecule has 0 N–H and O–H groups in total. The Morgan fingerprint density at radius 3 is 0.830 bits per heavy atom. The van der Waals surface area contributed by atoms with Crippen molar-refractivity contribution in [2.75, 3.05) is 13.1 Å². The van der Waals surface area contributed by atoms with Crippen molar-refractivity contribution in [2.45, 2.75) is 136 Å². The molecule has 5 aromatic rings. The average molecular weight is 713 g/mol. The molecule has 0 unspecified atom stereocenters. The molecule has 7 rings (SSSR count). The first-order chi connectivity index (χ1) is 26.0. The summed E-state index contributed by atoms with van der Waals surface area (Å²) in [5.41, 5.74) is 2.27. The first kappa shape index (κ1) is 37.0. The molecule has 2 heterocycles. The lowest BCUT2D eigenvalue weighted by atomic mass is 9.82. The molecular formula is C47H56N2O4. The molecule has 278 valence electrons. The molecule has 6 heteroatoms. The first-order valence-corrected chi connectivity index (χ1v) is 20.9. The summed E-state index contributed by atoms with van der Waals surface area (Å²) in [6, 6.07) is 15.4. The van der Waals surface area contributed by atoms with Crippen LogP contribution in [0.5, 0.6) is 0 Å². The minimum Gasteiger partial charge on any atom is -0.274 e. The van der Waals surface area contributed by atoms with E-state index in [1.165, 1.54) is 93.3 Å². The Kier molecular flexibility index (Phi) is 11.7. The summed E-state index contributed by atoms with van der Waals surface area (Å²) in [4.78, 5) is 58.5. The molecule has 0 saturated carbocycles. The van der Waals surface area contributed by atoms with Gasteiger partial charge in [-0.25, -0.2) is 0 Å². The van der Waals surface area contributed by atoms with Crippen molar-refractivity contribution >= 4 is 66.7 Å². The maximum absolute atomic E-state index is 13.9. The van der Waals surface area contributed by atoms with Gasteiger partial charge in [-0.2, -0.15) is 0 Å². The van der Waals surface area contributed by atoms with Crippen LogP contribution < -0.4 is 0 Å². The number of benzene rings is 5. The standard InChI is InChI=1S/C47H56N2O4/c1-3-5-7-9-11-13-15-17-19-21-31-49-46(52)38-28-24-34-32-22-26-36-42-37(45(51)48(44(36)50)30-20-18-16-14-12-10-8-6-4-2)27-23-33(40(32)42)35-25-29-39(47(49)53)43(38)41(34)35/h22-29H,3-21,30-31H2,1-2H3. The van der Waals surface area contributed by atoms with Gasteiger partial charge in [0.05, 0.1) is 0 Å². The van der Waals surface area contributed by atoms with Crippen LogP contribution in [0.15, 0.2) is 48.5 Å². The molecule has 2 aliphatic rings. The molecule has 53 heavy (non-hydrogen) atoms. The van der Waals surface area contributed by atoms with Crippen molar-refractivity contribution < 1.29 is 19.2 Å². The molecular weight excluding hydrogens is 657 g/mol. The summed E-state index contributed by atoms with van der Waals surface area (Å²) in [5, 5.41) is 6.94. The van der Waals surface area contributed by atoms with Crippen LogP contribution in [0.4, 0.5) is 0 Å². The normalized spacial score (nSPS) is 14.4. The summed E-state index contributed by atoms with van der Waals surface area (Å²) < 4.78 is 0. The molecule has 6 nitrogen and oxygen atoms in total. The number of rotatable bonds is 21. The van der Waals surface area contributed by atoms with Gasteiger partial charge in [0.15, 0.2) is 0 Å². The number of nitrogens with zero attached hydrogens (tertiary/aromatic N) is 2. The van der Waals surface area contributed by atoms with Crippen molar-refractivity contribution in [3.63, 3.8) is 0 Å². The second-order valence-electron chi connectivity index (χ2n) is 15.7. The van der Waals surface area contributed by atoms with Gasteiger partial charge in [0.1, 0.15) is 0 Å². The van der Waals surface area contributed by atoms with Crippen LogP contribution in [0.25, 0.3) is 43.1 Å². The molecule has 2 aliphatic heterocycles. The zero-order valence-electron chi connectivity index (χ0n) is 32.0. The highest BCUT2D eigenvalue weighted by Crippen LogP contribution is 2.46. The highest BCUT2D eigenvalue weighted by atomic mass is 16.2. The third kappa shape index (κ3) is 7.06. The van der Waals surface area contributed by atoms with E-state index in [-0.39, 0.29) is 23.6 Å². The summed E-state index contributed by atoms with van der Waals surface area (Å²) in [6.45, 7) is 5.35. The third-order valence-electron chi connectivity index (χ3n) is 12.0. The number of carbonyl (C=O) groups is 4. The number of unbranched alkanes of at least 4 members (excludes halogenated alkanes) is 17. The maximum Gasteiger partial charge on any atom is 0.261 e. The molecule has 0 fully saturated rings. The second-order valence-corrected chi connectivity index (χ2v) is 15.7. The second kappa shape index (κ2) is 16.8. The van der Waals surface area contributed by atoms with E-state index < -0.39 is 0 Å². The fourth-order valence-electron chi connectivity index (χ4n) is 9.11. The molecule has 4 amide bonds. The Morgan fingerprint density at radius 2 is 0.566 bits per heavy atom. The highest BCUT2D eigenvalue weighted by molar-refractivity contribution is 6.41. The van der Waals surface area contributed by atoms with Gasteiger partial charge in [-0.05, 0) is 69.4 Å². The summed E-state index contributed by atoms with van der Waals surface area (Å²) in [5.74, 6) is -0.885. The van der Waals surface area contributed by atoms with Crippen molar-refractivity contribution in [3.05, 3.63) is 70.8 Å². The molecule has 0 aliphatic carbocycles. The van der Waals surface area contributed by atoms with E-state index in [0.717, 1.165) is 70.8 Å². The van der Waals surface area contributed by atoms with Gasteiger partial charge in [-0.1, -0.05) is 147 Å². The van der Waals surface area contributed by atoms with Crippen LogP contribution in [-0.2, 0) is 0 Å².